The van der Waals surface area contributed by atoms with Crippen LogP contribution in [-0.2, 0) is 17.8 Å². The average molecular weight is 413 g/mol. The molecular weight excluding hydrogens is 388 g/mol. The number of likely N-dealkylation sites (tertiary alicyclic amines) is 1. The molecule has 1 fully saturated rings. The third-order valence-electron chi connectivity index (χ3n) is 5.60. The summed E-state index contributed by atoms with van der Waals surface area (Å²) < 4.78 is 1.09. The lowest BCUT2D eigenvalue weighted by Gasteiger charge is -2.35. The first-order chi connectivity index (χ1) is 12.6. The van der Waals surface area contributed by atoms with E-state index in [0.29, 0.717) is 5.91 Å². The lowest BCUT2D eigenvalue weighted by Crippen LogP contribution is -2.46. The van der Waals surface area contributed by atoms with Gasteiger partial charge >= 0.3 is 0 Å². The molecule has 1 amide bonds. The van der Waals surface area contributed by atoms with E-state index >= 15 is 0 Å². The second-order valence-corrected chi connectivity index (χ2v) is 8.51. The average Bonchev–Trinajstić information content (AvgIpc) is 2.97. The zero-order valence-electron chi connectivity index (χ0n) is 15.2. The normalized spacial score (nSPS) is 23.1. The van der Waals surface area contributed by atoms with E-state index in [1.807, 2.05) is 6.07 Å². The molecule has 2 heterocycles. The molecule has 4 heteroatoms. The summed E-state index contributed by atoms with van der Waals surface area (Å²) in [5.41, 5.74) is 3.70. The van der Waals surface area contributed by atoms with Gasteiger partial charge in [0, 0.05) is 29.3 Å². The highest BCUT2D eigenvalue weighted by Crippen LogP contribution is 2.36. The molecule has 0 unspecified atom stereocenters. The summed E-state index contributed by atoms with van der Waals surface area (Å²) in [6, 6.07) is 17.1. The van der Waals surface area contributed by atoms with Crippen LogP contribution in [0.2, 0.25) is 0 Å². The first kappa shape index (κ1) is 17.7. The third-order valence-corrected chi connectivity index (χ3v) is 6.09. The highest BCUT2D eigenvalue weighted by molar-refractivity contribution is 9.10. The van der Waals surface area contributed by atoms with Crippen molar-refractivity contribution in [1.82, 2.24) is 4.90 Å². The summed E-state index contributed by atoms with van der Waals surface area (Å²) in [7, 11) is 0. The minimum atomic E-state index is 0.101. The van der Waals surface area contributed by atoms with Crippen molar-refractivity contribution in [2.75, 3.05) is 18.0 Å². The minimum Gasteiger partial charge on any atom is -0.309 e. The fraction of sp³-hybridized carbons (Fsp3) is 0.409. The quantitative estimate of drug-likeness (QED) is 0.732. The summed E-state index contributed by atoms with van der Waals surface area (Å²) in [6.45, 7) is 5.04. The van der Waals surface area contributed by atoms with Crippen molar-refractivity contribution in [3.63, 3.8) is 0 Å². The van der Waals surface area contributed by atoms with Crippen LogP contribution in [0, 0.1) is 5.92 Å². The number of piperidine rings is 1. The highest BCUT2D eigenvalue weighted by atomic mass is 79.9. The molecule has 136 valence electrons. The van der Waals surface area contributed by atoms with Gasteiger partial charge in [-0.3, -0.25) is 9.69 Å². The number of rotatable bonds is 3. The van der Waals surface area contributed by atoms with Gasteiger partial charge in [0.2, 0.25) is 5.91 Å². The Hall–Kier alpha value is -1.65. The van der Waals surface area contributed by atoms with Gasteiger partial charge in [-0.2, -0.15) is 0 Å². The van der Waals surface area contributed by atoms with E-state index in [1.54, 1.807) is 0 Å². The number of fused-ring (bicyclic) bond motifs is 1. The summed E-state index contributed by atoms with van der Waals surface area (Å²) in [6.07, 6.45) is 3.04. The fourth-order valence-corrected chi connectivity index (χ4v) is 4.78. The lowest BCUT2D eigenvalue weighted by molar-refractivity contribution is -0.124. The van der Waals surface area contributed by atoms with E-state index < -0.39 is 0 Å². The van der Waals surface area contributed by atoms with Crippen molar-refractivity contribution in [3.8, 4) is 0 Å². The standard InChI is InChI=1S/C22H25BrN2O/c1-16-12-19-13-20(23)9-10-21(19)25(16)22(26)18-8-5-11-24(15-18)14-17-6-3-2-4-7-17/h2-4,6-7,9-10,13,16,18H,5,8,11-12,14-15H2,1H3/t16-,18+/m0/s1. The van der Waals surface area contributed by atoms with Crippen LogP contribution >= 0.6 is 15.9 Å². The first-order valence-electron chi connectivity index (χ1n) is 9.49. The molecule has 0 aliphatic carbocycles. The molecule has 3 nitrogen and oxygen atoms in total. The summed E-state index contributed by atoms with van der Waals surface area (Å²) in [5, 5.41) is 0. The van der Waals surface area contributed by atoms with Crippen molar-refractivity contribution in [1.29, 1.82) is 0 Å². The molecule has 0 saturated carbocycles. The summed E-state index contributed by atoms with van der Waals surface area (Å²) in [4.78, 5) is 17.8. The largest absolute Gasteiger partial charge is 0.309 e. The van der Waals surface area contributed by atoms with Crippen molar-refractivity contribution in [2.45, 2.75) is 38.8 Å². The van der Waals surface area contributed by atoms with Gasteiger partial charge < -0.3 is 4.90 Å². The second-order valence-electron chi connectivity index (χ2n) is 7.59. The Morgan fingerprint density at radius 3 is 2.81 bits per heavy atom. The number of carbonyl (C=O) groups excluding carboxylic acids is 1. The zero-order valence-corrected chi connectivity index (χ0v) is 16.8. The number of hydrogen-bond acceptors (Lipinski definition) is 2. The number of amides is 1. The predicted octanol–water partition coefficient (Wildman–Crippen LogP) is 4.64. The van der Waals surface area contributed by atoms with E-state index in [0.717, 1.165) is 49.1 Å². The van der Waals surface area contributed by atoms with Crippen LogP contribution in [0.15, 0.2) is 53.0 Å². The van der Waals surface area contributed by atoms with E-state index in [9.17, 15) is 4.79 Å². The van der Waals surface area contributed by atoms with Crippen LogP contribution in [-0.4, -0.2) is 29.9 Å². The van der Waals surface area contributed by atoms with Gasteiger partial charge in [0.15, 0.2) is 0 Å². The van der Waals surface area contributed by atoms with Crippen LogP contribution in [0.4, 0.5) is 5.69 Å². The Morgan fingerprint density at radius 2 is 2.00 bits per heavy atom. The Bertz CT molecular complexity index is 792. The predicted molar refractivity (Wildman–Crippen MR) is 109 cm³/mol. The first-order valence-corrected chi connectivity index (χ1v) is 10.3. The summed E-state index contributed by atoms with van der Waals surface area (Å²) in [5.74, 6) is 0.404. The molecule has 2 aliphatic heterocycles. The molecule has 0 bridgehead atoms. The number of nitrogens with zero attached hydrogens (tertiary/aromatic N) is 2. The zero-order chi connectivity index (χ0) is 18.1. The Labute approximate surface area is 164 Å². The van der Waals surface area contributed by atoms with Crippen LogP contribution in [0.5, 0.6) is 0 Å². The van der Waals surface area contributed by atoms with E-state index in [2.05, 4.69) is 75.1 Å². The fourth-order valence-electron chi connectivity index (χ4n) is 4.37. The molecule has 2 atom stereocenters. The molecule has 2 aliphatic rings. The van der Waals surface area contributed by atoms with Crippen LogP contribution < -0.4 is 4.90 Å². The van der Waals surface area contributed by atoms with Gasteiger partial charge in [-0.05, 0) is 62.1 Å². The maximum atomic E-state index is 13.3. The van der Waals surface area contributed by atoms with Crippen LogP contribution in [0.1, 0.15) is 30.9 Å². The SMILES string of the molecule is C[C@H]1Cc2cc(Br)ccc2N1C(=O)[C@@H]1CCCN(Cc2ccccc2)C1. The molecule has 0 radical (unpaired) electrons. The number of carbonyl (C=O) groups is 1. The molecule has 0 aromatic heterocycles. The Morgan fingerprint density at radius 1 is 1.19 bits per heavy atom. The second kappa shape index (κ2) is 7.53. The minimum absolute atomic E-state index is 0.101. The highest BCUT2D eigenvalue weighted by Gasteiger charge is 2.36. The van der Waals surface area contributed by atoms with Gasteiger partial charge in [-0.1, -0.05) is 46.3 Å². The van der Waals surface area contributed by atoms with Crippen molar-refractivity contribution in [3.05, 3.63) is 64.1 Å². The van der Waals surface area contributed by atoms with Crippen molar-refractivity contribution in [2.24, 2.45) is 5.92 Å². The van der Waals surface area contributed by atoms with Gasteiger partial charge in [0.25, 0.3) is 0 Å². The van der Waals surface area contributed by atoms with Crippen molar-refractivity contribution < 1.29 is 4.79 Å². The van der Waals surface area contributed by atoms with E-state index in [4.69, 9.17) is 0 Å². The number of benzene rings is 2. The lowest BCUT2D eigenvalue weighted by atomic mass is 9.95. The van der Waals surface area contributed by atoms with Crippen LogP contribution in [0.3, 0.4) is 0 Å². The maximum absolute atomic E-state index is 13.3. The Balaban J connectivity index is 1.48. The maximum Gasteiger partial charge on any atom is 0.231 e. The molecule has 0 N–H and O–H groups in total. The number of halogens is 1. The monoisotopic (exact) mass is 412 g/mol. The molecule has 1 saturated heterocycles. The molecule has 4 rings (SSSR count). The van der Waals surface area contributed by atoms with Crippen LogP contribution in [0.25, 0.3) is 0 Å². The van der Waals surface area contributed by atoms with E-state index in [-0.39, 0.29) is 12.0 Å². The molecule has 2 aromatic rings. The van der Waals surface area contributed by atoms with Gasteiger partial charge in [-0.25, -0.2) is 0 Å². The molecule has 2 aromatic carbocycles. The van der Waals surface area contributed by atoms with Gasteiger partial charge in [-0.15, -0.1) is 0 Å². The number of hydrogen-bond donors (Lipinski definition) is 0. The topological polar surface area (TPSA) is 23.6 Å². The molecule has 26 heavy (non-hydrogen) atoms. The third kappa shape index (κ3) is 3.58. The van der Waals surface area contributed by atoms with E-state index in [1.165, 1.54) is 11.1 Å². The van der Waals surface area contributed by atoms with Gasteiger partial charge in [0.1, 0.15) is 0 Å². The summed E-state index contributed by atoms with van der Waals surface area (Å²) >= 11 is 3.55. The smallest absolute Gasteiger partial charge is 0.231 e. The molecule has 0 spiro atoms. The van der Waals surface area contributed by atoms with Gasteiger partial charge in [0.05, 0.1) is 5.92 Å². The number of anilines is 1. The molecular formula is C22H25BrN2O. The Kier molecular flexibility index (Phi) is 5.14. The van der Waals surface area contributed by atoms with Crippen molar-refractivity contribution >= 4 is 27.5 Å².